The smallest absolute Gasteiger partial charge is 0.349 e. The third kappa shape index (κ3) is 6.23. The van der Waals surface area contributed by atoms with Crippen molar-refractivity contribution >= 4 is 23.6 Å². The highest BCUT2D eigenvalue weighted by atomic mass is 32.2. The zero-order chi connectivity index (χ0) is 19.3. The van der Waals surface area contributed by atoms with Crippen molar-refractivity contribution < 1.29 is 22.8 Å². The van der Waals surface area contributed by atoms with E-state index in [1.54, 1.807) is 11.0 Å². The van der Waals surface area contributed by atoms with Crippen LogP contribution in [0.15, 0.2) is 29.2 Å². The normalized spacial score (nSPS) is 16.0. The number of carbonyl (C=O) groups is 2. The van der Waals surface area contributed by atoms with E-state index in [0.29, 0.717) is 38.3 Å². The summed E-state index contributed by atoms with van der Waals surface area (Å²) in [6, 6.07) is 5.56. The number of benzene rings is 1. The van der Waals surface area contributed by atoms with Gasteiger partial charge in [-0.3, -0.25) is 9.59 Å². The molecule has 0 bridgehead atoms. The fraction of sp³-hybridized carbons (Fsp3) is 0.556. The van der Waals surface area contributed by atoms with E-state index in [1.165, 1.54) is 18.2 Å². The number of likely N-dealkylation sites (tertiary alicyclic amines) is 1. The molecule has 4 nitrogen and oxygen atoms in total. The first kappa shape index (κ1) is 20.6. The van der Waals surface area contributed by atoms with Crippen molar-refractivity contribution in [3.63, 3.8) is 0 Å². The molecule has 1 aliphatic rings. The van der Waals surface area contributed by atoms with Gasteiger partial charge in [-0.05, 0) is 42.7 Å². The third-order valence-electron chi connectivity index (χ3n) is 4.12. The highest BCUT2D eigenvalue weighted by Crippen LogP contribution is 2.38. The molecule has 0 aliphatic carbocycles. The van der Waals surface area contributed by atoms with E-state index in [-0.39, 0.29) is 34.2 Å². The van der Waals surface area contributed by atoms with Crippen molar-refractivity contribution in [1.29, 1.82) is 0 Å². The molecule has 26 heavy (non-hydrogen) atoms. The Morgan fingerprint density at radius 2 is 1.85 bits per heavy atom. The lowest BCUT2D eigenvalue weighted by molar-refractivity contribution is -0.133. The maximum Gasteiger partial charge on any atom is 0.446 e. The lowest BCUT2D eigenvalue weighted by Crippen LogP contribution is -2.46. The molecular weight excluding hydrogens is 365 g/mol. The fourth-order valence-electron chi connectivity index (χ4n) is 2.88. The van der Waals surface area contributed by atoms with Crippen LogP contribution in [0.1, 0.15) is 43.5 Å². The van der Waals surface area contributed by atoms with Gasteiger partial charge in [0, 0.05) is 30.4 Å². The Hall–Kier alpha value is -1.70. The van der Waals surface area contributed by atoms with Gasteiger partial charge in [0.25, 0.3) is 5.91 Å². The molecule has 0 spiro atoms. The lowest BCUT2D eigenvalue weighted by Gasteiger charge is -2.33. The summed E-state index contributed by atoms with van der Waals surface area (Å²) in [6.45, 7) is 5.08. The van der Waals surface area contributed by atoms with Crippen LogP contribution in [0.2, 0.25) is 0 Å². The van der Waals surface area contributed by atoms with Crippen LogP contribution < -0.4 is 5.32 Å². The topological polar surface area (TPSA) is 49.4 Å². The second-order valence-electron chi connectivity index (χ2n) is 6.77. The number of rotatable bonds is 5. The molecule has 0 saturated carbocycles. The summed E-state index contributed by atoms with van der Waals surface area (Å²) in [7, 11) is 0. The Morgan fingerprint density at radius 3 is 2.42 bits per heavy atom. The molecule has 0 unspecified atom stereocenters. The van der Waals surface area contributed by atoms with Crippen molar-refractivity contribution in [3.05, 3.63) is 29.8 Å². The van der Waals surface area contributed by atoms with Crippen LogP contribution >= 0.6 is 11.8 Å². The highest BCUT2D eigenvalue weighted by molar-refractivity contribution is 8.00. The number of hydrogen-bond donors (Lipinski definition) is 1. The minimum absolute atomic E-state index is 0.0214. The lowest BCUT2D eigenvalue weighted by atomic mass is 10.0. The molecule has 144 valence electrons. The van der Waals surface area contributed by atoms with Gasteiger partial charge in [-0.1, -0.05) is 26.0 Å². The summed E-state index contributed by atoms with van der Waals surface area (Å²) in [4.78, 5) is 26.2. The molecule has 1 N–H and O–H groups in total. The zero-order valence-electron chi connectivity index (χ0n) is 14.8. The van der Waals surface area contributed by atoms with Crippen LogP contribution in [-0.4, -0.2) is 41.4 Å². The number of amides is 2. The minimum Gasteiger partial charge on any atom is -0.349 e. The first-order valence-electron chi connectivity index (χ1n) is 8.59. The Kier molecular flexibility index (Phi) is 6.97. The molecule has 1 aliphatic heterocycles. The van der Waals surface area contributed by atoms with Gasteiger partial charge in [0.15, 0.2) is 0 Å². The maximum atomic E-state index is 12.6. The van der Waals surface area contributed by atoms with Crippen molar-refractivity contribution in [3.8, 4) is 0 Å². The fourth-order valence-corrected chi connectivity index (χ4v) is 3.55. The minimum atomic E-state index is -4.45. The summed E-state index contributed by atoms with van der Waals surface area (Å²) in [5.74, 6) is -0.108. The number of halogens is 3. The molecule has 1 aromatic rings. The van der Waals surface area contributed by atoms with E-state index >= 15 is 0 Å². The number of alkyl halides is 3. The van der Waals surface area contributed by atoms with Crippen LogP contribution in [0.3, 0.4) is 0 Å². The SMILES string of the molecule is CC(C)CC(=O)N1CCC(NC(=O)c2ccccc2SC(F)(F)F)CC1. The Balaban J connectivity index is 1.93. The van der Waals surface area contributed by atoms with Gasteiger partial charge >= 0.3 is 5.51 Å². The van der Waals surface area contributed by atoms with Gasteiger partial charge in [0.1, 0.15) is 0 Å². The monoisotopic (exact) mass is 388 g/mol. The van der Waals surface area contributed by atoms with Crippen molar-refractivity contribution in [2.45, 2.75) is 49.6 Å². The van der Waals surface area contributed by atoms with E-state index < -0.39 is 11.4 Å². The number of nitrogens with zero attached hydrogens (tertiary/aromatic N) is 1. The third-order valence-corrected chi connectivity index (χ3v) is 4.93. The molecule has 0 radical (unpaired) electrons. The van der Waals surface area contributed by atoms with Gasteiger partial charge < -0.3 is 10.2 Å². The standard InChI is InChI=1S/C18H23F3N2O2S/c1-12(2)11-16(24)23-9-7-13(8-10-23)22-17(25)14-5-3-4-6-15(14)26-18(19,20)21/h3-6,12-13H,7-11H2,1-2H3,(H,22,25). The number of nitrogens with one attached hydrogen (secondary N) is 1. The van der Waals surface area contributed by atoms with Gasteiger partial charge in [-0.2, -0.15) is 13.2 Å². The molecule has 1 aromatic carbocycles. The van der Waals surface area contributed by atoms with Gasteiger partial charge in [-0.15, -0.1) is 0 Å². The van der Waals surface area contributed by atoms with Crippen LogP contribution in [0, 0.1) is 5.92 Å². The predicted molar refractivity (Wildman–Crippen MR) is 94.9 cm³/mol. The quantitative estimate of drug-likeness (QED) is 0.774. The van der Waals surface area contributed by atoms with Crippen molar-refractivity contribution in [2.75, 3.05) is 13.1 Å². The molecule has 1 fully saturated rings. The van der Waals surface area contributed by atoms with Crippen LogP contribution in [0.5, 0.6) is 0 Å². The Bertz CT molecular complexity index is 642. The first-order valence-corrected chi connectivity index (χ1v) is 9.41. The number of hydrogen-bond acceptors (Lipinski definition) is 3. The van der Waals surface area contributed by atoms with Gasteiger partial charge in [0.2, 0.25) is 5.91 Å². The van der Waals surface area contributed by atoms with Crippen LogP contribution in [-0.2, 0) is 4.79 Å². The maximum absolute atomic E-state index is 12.6. The van der Waals surface area contributed by atoms with E-state index in [9.17, 15) is 22.8 Å². The molecular formula is C18H23F3N2O2S. The Labute approximate surface area is 155 Å². The summed E-state index contributed by atoms with van der Waals surface area (Å²) >= 11 is -0.286. The predicted octanol–water partition coefficient (Wildman–Crippen LogP) is 4.07. The van der Waals surface area contributed by atoms with E-state index in [4.69, 9.17) is 0 Å². The largest absolute Gasteiger partial charge is 0.446 e. The molecule has 8 heteroatoms. The second kappa shape index (κ2) is 8.79. The first-order chi connectivity index (χ1) is 12.2. The van der Waals surface area contributed by atoms with Crippen LogP contribution in [0.25, 0.3) is 0 Å². The average Bonchev–Trinajstić information content (AvgIpc) is 2.53. The molecule has 2 rings (SSSR count). The summed E-state index contributed by atoms with van der Waals surface area (Å²) in [5, 5.41) is 2.80. The zero-order valence-corrected chi connectivity index (χ0v) is 15.6. The highest BCUT2D eigenvalue weighted by Gasteiger charge is 2.32. The van der Waals surface area contributed by atoms with E-state index in [0.717, 1.165) is 0 Å². The average molecular weight is 388 g/mol. The number of thioether (sulfide) groups is 1. The van der Waals surface area contributed by atoms with E-state index in [2.05, 4.69) is 5.32 Å². The van der Waals surface area contributed by atoms with Gasteiger partial charge in [0.05, 0.1) is 5.56 Å². The molecule has 0 aromatic heterocycles. The number of carbonyl (C=O) groups excluding carboxylic acids is 2. The van der Waals surface area contributed by atoms with Crippen LogP contribution in [0.4, 0.5) is 13.2 Å². The molecule has 1 saturated heterocycles. The molecule has 2 amide bonds. The molecule has 0 atom stereocenters. The van der Waals surface area contributed by atoms with Crippen molar-refractivity contribution in [2.24, 2.45) is 5.92 Å². The summed E-state index contributed by atoms with van der Waals surface area (Å²) in [5.41, 5.74) is -4.42. The van der Waals surface area contributed by atoms with Crippen molar-refractivity contribution in [1.82, 2.24) is 10.2 Å². The molecule has 1 heterocycles. The van der Waals surface area contributed by atoms with E-state index in [1.807, 2.05) is 13.8 Å². The number of piperidine rings is 1. The second-order valence-corrected chi connectivity index (χ2v) is 7.88. The Morgan fingerprint density at radius 1 is 1.23 bits per heavy atom. The summed E-state index contributed by atoms with van der Waals surface area (Å²) < 4.78 is 37.9. The summed E-state index contributed by atoms with van der Waals surface area (Å²) in [6.07, 6.45) is 1.70. The van der Waals surface area contributed by atoms with Gasteiger partial charge in [-0.25, -0.2) is 0 Å².